The summed E-state index contributed by atoms with van der Waals surface area (Å²) >= 11 is 0. The van der Waals surface area contributed by atoms with E-state index in [1.807, 2.05) is 0 Å². The van der Waals surface area contributed by atoms with E-state index in [1.165, 1.54) is 0 Å². The molecule has 22 heavy (non-hydrogen) atoms. The van der Waals surface area contributed by atoms with Crippen molar-refractivity contribution < 1.29 is 32.7 Å². The summed E-state index contributed by atoms with van der Waals surface area (Å²) < 4.78 is 42.2. The molecule has 116 valence electrons. The largest absolute Gasteiger partial charge is 0.502 e. The molecule has 0 aliphatic carbocycles. The molecule has 0 bridgehead atoms. The van der Waals surface area contributed by atoms with Gasteiger partial charge in [0.2, 0.25) is 5.75 Å². The molecule has 0 saturated carbocycles. The number of nitro groups is 1. The molecule has 1 aromatic carbocycles. The number of hydrogen-bond acceptors (Lipinski definition) is 6. The minimum absolute atomic E-state index is 0.285. The molecule has 0 saturated heterocycles. The number of phenolic OH excluding ortho intramolecular Hbond substituents is 1. The summed E-state index contributed by atoms with van der Waals surface area (Å²) in [5.74, 6) is -2.13. The van der Waals surface area contributed by atoms with Gasteiger partial charge >= 0.3 is 17.8 Å². The number of halogens is 3. The monoisotopic (exact) mass is 316 g/mol. The van der Waals surface area contributed by atoms with Gasteiger partial charge < -0.3 is 9.84 Å². The van der Waals surface area contributed by atoms with Crippen LogP contribution in [0.4, 0.5) is 18.9 Å². The molecule has 2 aromatic rings. The Morgan fingerprint density at radius 2 is 2.05 bits per heavy atom. The molecule has 0 atom stereocenters. The molecule has 7 nitrogen and oxygen atoms in total. The van der Waals surface area contributed by atoms with Crippen molar-refractivity contribution >= 4 is 22.6 Å². The van der Waals surface area contributed by atoms with Gasteiger partial charge in [-0.15, -0.1) is 0 Å². The van der Waals surface area contributed by atoms with E-state index in [1.54, 1.807) is 0 Å². The van der Waals surface area contributed by atoms with Crippen molar-refractivity contribution in [2.45, 2.75) is 6.18 Å². The molecular formula is C12H7F3N2O5. The van der Waals surface area contributed by atoms with E-state index >= 15 is 0 Å². The van der Waals surface area contributed by atoms with Gasteiger partial charge in [0.05, 0.1) is 17.5 Å². The number of carbonyl (C=O) groups excluding carboxylic acids is 1. The van der Waals surface area contributed by atoms with E-state index < -0.39 is 45.3 Å². The van der Waals surface area contributed by atoms with Crippen molar-refractivity contribution in [2.24, 2.45) is 0 Å². The van der Waals surface area contributed by atoms with Gasteiger partial charge in [-0.2, -0.15) is 13.2 Å². The Labute approximate surface area is 120 Å². The third-order valence-corrected chi connectivity index (χ3v) is 2.82. The van der Waals surface area contributed by atoms with Crippen molar-refractivity contribution in [2.75, 3.05) is 7.11 Å². The van der Waals surface area contributed by atoms with Crippen LogP contribution in [0.5, 0.6) is 5.75 Å². The van der Waals surface area contributed by atoms with Crippen LogP contribution in [0.15, 0.2) is 18.2 Å². The normalized spacial score (nSPS) is 11.5. The summed E-state index contributed by atoms with van der Waals surface area (Å²) in [5.41, 5.74) is -3.33. The number of aromatic hydroxyl groups is 1. The number of ether oxygens (including phenoxy) is 1. The molecule has 1 heterocycles. The third kappa shape index (κ3) is 2.50. The maximum Gasteiger partial charge on any atom is 0.433 e. The predicted molar refractivity (Wildman–Crippen MR) is 66.4 cm³/mol. The second-order valence-electron chi connectivity index (χ2n) is 4.13. The lowest BCUT2D eigenvalue weighted by atomic mass is 10.1. The zero-order chi connectivity index (χ0) is 16.7. The van der Waals surface area contributed by atoms with E-state index in [2.05, 4.69) is 9.72 Å². The number of pyridine rings is 1. The summed E-state index contributed by atoms with van der Waals surface area (Å²) in [4.78, 5) is 24.7. The van der Waals surface area contributed by atoms with Crippen molar-refractivity contribution in [3.8, 4) is 5.75 Å². The number of nitro benzene ring substituents is 1. The quantitative estimate of drug-likeness (QED) is 0.519. The van der Waals surface area contributed by atoms with Crippen LogP contribution < -0.4 is 0 Å². The van der Waals surface area contributed by atoms with Gasteiger partial charge in [0.25, 0.3) is 0 Å². The smallest absolute Gasteiger partial charge is 0.433 e. The Kier molecular flexibility index (Phi) is 3.61. The highest BCUT2D eigenvalue weighted by Gasteiger charge is 2.34. The molecule has 0 amide bonds. The average molecular weight is 316 g/mol. The average Bonchev–Trinajstić information content (AvgIpc) is 2.44. The van der Waals surface area contributed by atoms with Crippen molar-refractivity contribution in [1.29, 1.82) is 0 Å². The van der Waals surface area contributed by atoms with Gasteiger partial charge in [0, 0.05) is 5.39 Å². The highest BCUT2D eigenvalue weighted by Crippen LogP contribution is 2.39. The number of fused-ring (bicyclic) bond motifs is 1. The highest BCUT2D eigenvalue weighted by atomic mass is 19.4. The van der Waals surface area contributed by atoms with Crippen LogP contribution in [0, 0.1) is 10.1 Å². The summed E-state index contributed by atoms with van der Waals surface area (Å²) in [6, 6.07) is 2.19. The van der Waals surface area contributed by atoms with E-state index in [0.717, 1.165) is 19.2 Å². The number of phenols is 1. The number of rotatable bonds is 2. The van der Waals surface area contributed by atoms with Gasteiger partial charge in [-0.1, -0.05) is 0 Å². The topological polar surface area (TPSA) is 103 Å². The first-order valence-corrected chi connectivity index (χ1v) is 5.63. The minimum atomic E-state index is -4.74. The zero-order valence-corrected chi connectivity index (χ0v) is 10.8. The zero-order valence-electron chi connectivity index (χ0n) is 10.8. The van der Waals surface area contributed by atoms with Gasteiger partial charge in [-0.25, -0.2) is 9.78 Å². The van der Waals surface area contributed by atoms with Gasteiger partial charge in [0.1, 0.15) is 11.3 Å². The Bertz CT molecular complexity index is 788. The molecular weight excluding hydrogens is 309 g/mol. The predicted octanol–water partition coefficient (Wildman–Crippen LogP) is 2.65. The lowest BCUT2D eigenvalue weighted by Gasteiger charge is -2.09. The number of hydrogen-bond donors (Lipinski definition) is 1. The molecule has 1 aromatic heterocycles. The first-order chi connectivity index (χ1) is 10.2. The standard InChI is InChI=1S/C12H7F3N2O5/c1-22-11(19)6-4-7-5(10(18)9(6)17(20)21)2-3-8(16-7)12(13,14)15/h2-4,18H,1H3. The fourth-order valence-electron chi connectivity index (χ4n) is 1.85. The molecule has 0 aliphatic heterocycles. The number of nitrogens with zero attached hydrogens (tertiary/aromatic N) is 2. The second-order valence-corrected chi connectivity index (χ2v) is 4.13. The first-order valence-electron chi connectivity index (χ1n) is 5.63. The number of carbonyl (C=O) groups is 1. The second kappa shape index (κ2) is 5.13. The van der Waals surface area contributed by atoms with Crippen LogP contribution in [0.25, 0.3) is 10.9 Å². The lowest BCUT2D eigenvalue weighted by Crippen LogP contribution is -2.09. The Morgan fingerprint density at radius 1 is 1.41 bits per heavy atom. The molecule has 0 unspecified atom stereocenters. The van der Waals surface area contributed by atoms with Crippen LogP contribution in [0.1, 0.15) is 16.1 Å². The number of benzene rings is 1. The first kappa shape index (κ1) is 15.5. The lowest BCUT2D eigenvalue weighted by molar-refractivity contribution is -0.386. The molecule has 1 N–H and O–H groups in total. The van der Waals surface area contributed by atoms with Crippen LogP contribution in [-0.4, -0.2) is 28.1 Å². The SMILES string of the molecule is COC(=O)c1cc2nc(C(F)(F)F)ccc2c(O)c1[N+](=O)[O-]. The van der Waals surface area contributed by atoms with Crippen LogP contribution >= 0.6 is 0 Å². The molecule has 2 rings (SSSR count). The fraction of sp³-hybridized carbons (Fsp3) is 0.167. The van der Waals surface area contributed by atoms with Crippen molar-refractivity contribution in [3.63, 3.8) is 0 Å². The van der Waals surface area contributed by atoms with Gasteiger partial charge in [0.15, 0.2) is 0 Å². The molecule has 0 aliphatic rings. The van der Waals surface area contributed by atoms with Crippen LogP contribution in [0.2, 0.25) is 0 Å². The van der Waals surface area contributed by atoms with E-state index in [-0.39, 0.29) is 5.39 Å². The van der Waals surface area contributed by atoms with Crippen molar-refractivity contribution in [1.82, 2.24) is 4.98 Å². The van der Waals surface area contributed by atoms with Crippen molar-refractivity contribution in [3.05, 3.63) is 39.6 Å². The fourth-order valence-corrected chi connectivity index (χ4v) is 1.85. The number of aromatic nitrogens is 1. The highest BCUT2D eigenvalue weighted by molar-refractivity contribution is 6.02. The van der Waals surface area contributed by atoms with Gasteiger partial charge in [-0.05, 0) is 18.2 Å². The number of esters is 1. The summed E-state index contributed by atoms with van der Waals surface area (Å²) in [5, 5.41) is 20.6. The maximum atomic E-state index is 12.6. The van der Waals surface area contributed by atoms with Gasteiger partial charge in [-0.3, -0.25) is 10.1 Å². The molecule has 0 spiro atoms. The summed E-state index contributed by atoms with van der Waals surface area (Å²) in [6.45, 7) is 0. The minimum Gasteiger partial charge on any atom is -0.502 e. The Morgan fingerprint density at radius 3 is 2.55 bits per heavy atom. The van der Waals surface area contributed by atoms with E-state index in [9.17, 15) is 33.2 Å². The Hall–Kier alpha value is -2.91. The summed E-state index contributed by atoms with van der Waals surface area (Å²) in [7, 11) is 0.937. The Balaban J connectivity index is 2.85. The molecule has 0 fully saturated rings. The number of alkyl halides is 3. The number of methoxy groups -OCH3 is 1. The van der Waals surface area contributed by atoms with Crippen LogP contribution in [0.3, 0.4) is 0 Å². The maximum absolute atomic E-state index is 12.6. The van der Waals surface area contributed by atoms with E-state index in [0.29, 0.717) is 6.07 Å². The molecule has 10 heteroatoms. The molecule has 0 radical (unpaired) electrons. The summed E-state index contributed by atoms with van der Waals surface area (Å²) in [6.07, 6.45) is -4.74. The third-order valence-electron chi connectivity index (χ3n) is 2.82. The van der Waals surface area contributed by atoms with Crippen LogP contribution in [-0.2, 0) is 10.9 Å². The van der Waals surface area contributed by atoms with E-state index in [4.69, 9.17) is 0 Å².